The van der Waals surface area contributed by atoms with E-state index in [2.05, 4.69) is 40.2 Å². The minimum Gasteiger partial charge on any atom is -0.396 e. The number of aliphatic hydroxyl groups is 1. The average Bonchev–Trinajstić information content (AvgIpc) is 2.04. The van der Waals surface area contributed by atoms with Crippen molar-refractivity contribution in [3.05, 3.63) is 6.33 Å². The van der Waals surface area contributed by atoms with Gasteiger partial charge in [-0.15, -0.1) is 25.3 Å². The lowest BCUT2D eigenvalue weighted by Gasteiger charge is -1.86. The molecule has 0 atom stereocenters. The normalized spacial score (nSPS) is 8.67. The topological polar surface area (TPSA) is 58.9 Å². The average molecular weight is 205 g/mol. The van der Waals surface area contributed by atoms with Crippen molar-refractivity contribution < 1.29 is 5.11 Å². The maximum atomic E-state index is 7.88. The van der Waals surface area contributed by atoms with Gasteiger partial charge in [-0.3, -0.25) is 0 Å². The second-order valence-corrected chi connectivity index (χ2v) is 2.61. The highest BCUT2D eigenvalue weighted by molar-refractivity contribution is 7.80. The lowest BCUT2D eigenvalue weighted by molar-refractivity contribution is 0.295. The minimum absolute atomic E-state index is 0.319. The standard InChI is InChI=1S/C3H3N3S2.C3H8O/c7-2-4-1-5-3(8)6-2;1-2-3-4/h1H,(H2,4,5,6,7,8);4H,2-3H2,1H3. The third-order valence-electron chi connectivity index (χ3n) is 0.770. The van der Waals surface area contributed by atoms with Gasteiger partial charge in [0.1, 0.15) is 6.33 Å². The molecule has 0 unspecified atom stereocenters. The largest absolute Gasteiger partial charge is 0.396 e. The molecule has 0 spiro atoms. The van der Waals surface area contributed by atoms with Gasteiger partial charge >= 0.3 is 0 Å². The Morgan fingerprint density at radius 3 is 1.92 bits per heavy atom. The van der Waals surface area contributed by atoms with E-state index >= 15 is 0 Å². The second-order valence-electron chi connectivity index (χ2n) is 1.81. The van der Waals surface area contributed by atoms with Crippen LogP contribution < -0.4 is 0 Å². The van der Waals surface area contributed by atoms with Crippen LogP contribution in [0.25, 0.3) is 0 Å². The monoisotopic (exact) mass is 205 g/mol. The fraction of sp³-hybridized carbons (Fsp3) is 0.500. The van der Waals surface area contributed by atoms with Crippen LogP contribution in [0.3, 0.4) is 0 Å². The molecule has 0 saturated carbocycles. The van der Waals surface area contributed by atoms with Gasteiger partial charge in [-0.2, -0.15) is 4.98 Å². The lowest BCUT2D eigenvalue weighted by Crippen LogP contribution is -1.85. The first-order chi connectivity index (χ1) is 5.70. The third-order valence-corrected chi connectivity index (χ3v) is 1.20. The molecule has 1 rings (SSSR count). The highest BCUT2D eigenvalue weighted by atomic mass is 32.1. The Morgan fingerprint density at radius 1 is 1.33 bits per heavy atom. The summed E-state index contributed by atoms with van der Waals surface area (Å²) in [6.45, 7) is 2.25. The quantitative estimate of drug-likeness (QED) is 0.595. The van der Waals surface area contributed by atoms with E-state index in [1.165, 1.54) is 6.33 Å². The van der Waals surface area contributed by atoms with Crippen molar-refractivity contribution in [1.82, 2.24) is 15.0 Å². The van der Waals surface area contributed by atoms with Gasteiger partial charge < -0.3 is 5.11 Å². The summed E-state index contributed by atoms with van der Waals surface area (Å²) < 4.78 is 0. The Kier molecular flexibility index (Phi) is 7.12. The Labute approximate surface area is 82.3 Å². The molecule has 1 aromatic heterocycles. The summed E-state index contributed by atoms with van der Waals surface area (Å²) in [6, 6.07) is 0. The van der Waals surface area contributed by atoms with E-state index in [-0.39, 0.29) is 0 Å². The van der Waals surface area contributed by atoms with Gasteiger partial charge in [-0.1, -0.05) is 6.92 Å². The van der Waals surface area contributed by atoms with E-state index in [4.69, 9.17) is 5.11 Å². The number of hydrogen-bond acceptors (Lipinski definition) is 6. The molecule has 1 aromatic rings. The second kappa shape index (κ2) is 7.33. The molecule has 4 nitrogen and oxygen atoms in total. The Morgan fingerprint density at radius 2 is 1.75 bits per heavy atom. The zero-order valence-corrected chi connectivity index (χ0v) is 8.46. The lowest BCUT2D eigenvalue weighted by atomic mass is 10.5. The van der Waals surface area contributed by atoms with Crippen LogP contribution in [-0.2, 0) is 0 Å². The van der Waals surface area contributed by atoms with E-state index in [1.54, 1.807) is 0 Å². The number of nitrogens with zero attached hydrogens (tertiary/aromatic N) is 3. The van der Waals surface area contributed by atoms with Gasteiger partial charge in [-0.05, 0) is 6.42 Å². The molecule has 0 fully saturated rings. The van der Waals surface area contributed by atoms with Gasteiger partial charge in [0, 0.05) is 6.61 Å². The van der Waals surface area contributed by atoms with Gasteiger partial charge in [-0.25, -0.2) is 9.97 Å². The molecular formula is C6H11N3OS2. The van der Waals surface area contributed by atoms with Gasteiger partial charge in [0.15, 0.2) is 10.3 Å². The summed E-state index contributed by atoms with van der Waals surface area (Å²) in [5.41, 5.74) is 0. The van der Waals surface area contributed by atoms with Crippen molar-refractivity contribution in [2.75, 3.05) is 6.61 Å². The summed E-state index contributed by atoms with van der Waals surface area (Å²) in [4.78, 5) is 10.9. The molecule has 12 heavy (non-hydrogen) atoms. The van der Waals surface area contributed by atoms with Crippen molar-refractivity contribution in [1.29, 1.82) is 0 Å². The van der Waals surface area contributed by atoms with E-state index in [1.807, 2.05) is 6.92 Å². The Hall–Kier alpha value is -0.330. The van der Waals surface area contributed by atoms with Crippen molar-refractivity contribution in [3.8, 4) is 0 Å². The SMILES string of the molecule is CCCO.Sc1ncnc(S)n1. The van der Waals surface area contributed by atoms with Crippen LogP contribution in [0.1, 0.15) is 13.3 Å². The first-order valence-electron chi connectivity index (χ1n) is 3.38. The summed E-state index contributed by atoms with van der Waals surface area (Å²) >= 11 is 7.69. The highest BCUT2D eigenvalue weighted by Crippen LogP contribution is 1.97. The van der Waals surface area contributed by atoms with Crippen molar-refractivity contribution in [2.45, 2.75) is 23.7 Å². The number of rotatable bonds is 1. The minimum atomic E-state index is 0.319. The summed E-state index contributed by atoms with van der Waals surface area (Å²) in [6.07, 6.45) is 2.23. The fourth-order valence-electron chi connectivity index (χ4n) is 0.279. The third kappa shape index (κ3) is 6.38. The Balaban J connectivity index is 0.000000261. The molecule has 0 aliphatic rings. The van der Waals surface area contributed by atoms with Crippen LogP contribution in [0.4, 0.5) is 0 Å². The first-order valence-corrected chi connectivity index (χ1v) is 4.28. The van der Waals surface area contributed by atoms with Crippen LogP contribution in [0.2, 0.25) is 0 Å². The molecule has 1 heterocycles. The van der Waals surface area contributed by atoms with Gasteiger partial charge in [0.2, 0.25) is 0 Å². The summed E-state index contributed by atoms with van der Waals surface area (Å²) in [5.74, 6) is 0. The van der Waals surface area contributed by atoms with Crippen LogP contribution in [0, 0.1) is 0 Å². The number of hydrogen-bond donors (Lipinski definition) is 3. The summed E-state index contributed by atoms with van der Waals surface area (Å²) in [5, 5.41) is 8.66. The molecule has 0 saturated heterocycles. The van der Waals surface area contributed by atoms with Crippen molar-refractivity contribution >= 4 is 25.3 Å². The van der Waals surface area contributed by atoms with Gasteiger partial charge in [0.05, 0.1) is 0 Å². The van der Waals surface area contributed by atoms with Crippen molar-refractivity contribution in [2.24, 2.45) is 0 Å². The number of thiol groups is 2. The zero-order chi connectivity index (χ0) is 9.40. The van der Waals surface area contributed by atoms with Crippen LogP contribution in [0.15, 0.2) is 16.6 Å². The van der Waals surface area contributed by atoms with Crippen LogP contribution >= 0.6 is 25.3 Å². The molecular weight excluding hydrogens is 194 g/mol. The highest BCUT2D eigenvalue weighted by Gasteiger charge is 1.86. The molecule has 0 amide bonds. The predicted molar refractivity (Wildman–Crippen MR) is 51.7 cm³/mol. The maximum absolute atomic E-state index is 7.88. The van der Waals surface area contributed by atoms with Crippen LogP contribution in [-0.4, -0.2) is 26.7 Å². The predicted octanol–water partition coefficient (Wildman–Crippen LogP) is 0.838. The molecule has 68 valence electrons. The molecule has 0 aliphatic heterocycles. The fourth-order valence-corrected chi connectivity index (χ4v) is 0.651. The van der Waals surface area contributed by atoms with Gasteiger partial charge in [0.25, 0.3) is 0 Å². The zero-order valence-electron chi connectivity index (χ0n) is 6.67. The van der Waals surface area contributed by atoms with E-state index < -0.39 is 0 Å². The maximum Gasteiger partial charge on any atom is 0.188 e. The first kappa shape index (κ1) is 11.7. The number of aliphatic hydroxyl groups excluding tert-OH is 1. The van der Waals surface area contributed by atoms with E-state index in [0.717, 1.165) is 6.42 Å². The molecule has 0 bridgehead atoms. The van der Waals surface area contributed by atoms with Crippen LogP contribution in [0.5, 0.6) is 0 Å². The molecule has 0 aliphatic carbocycles. The van der Waals surface area contributed by atoms with E-state index in [0.29, 0.717) is 16.9 Å². The van der Waals surface area contributed by atoms with E-state index in [9.17, 15) is 0 Å². The molecule has 1 N–H and O–H groups in total. The van der Waals surface area contributed by atoms with Crippen molar-refractivity contribution in [3.63, 3.8) is 0 Å². The summed E-state index contributed by atoms with van der Waals surface area (Å²) in [7, 11) is 0. The molecule has 0 aromatic carbocycles. The number of aromatic nitrogens is 3. The Bertz CT molecular complexity index is 202. The smallest absolute Gasteiger partial charge is 0.188 e. The molecule has 0 radical (unpaired) electrons. The molecule has 6 heteroatoms.